The highest BCUT2D eigenvalue weighted by molar-refractivity contribution is 6.00. The minimum atomic E-state index is -1.70. The number of anilines is 2. The van der Waals surface area contributed by atoms with E-state index in [1.165, 1.54) is 36.3 Å². The Hall–Kier alpha value is -4.40. The van der Waals surface area contributed by atoms with Crippen LogP contribution < -0.4 is 15.4 Å². The summed E-state index contributed by atoms with van der Waals surface area (Å²) in [6.45, 7) is 2.36. The third kappa shape index (κ3) is 6.67. The average molecular weight is 520 g/mol. The zero-order chi connectivity index (χ0) is 27.1. The molecule has 4 rings (SSSR count). The standard InChI is InChI=1S/C29H30FN3O5/c1-19-6-3-4-7-24(19)32-29(36)31-22-13-9-20(10-14-22)18-26(34)33-17-5-8-25(33)27(30)38-23-15-11-21(12-16-23)28(35)37-2/h3-4,6-7,9-16,25,27H,5,8,17-18H2,1-2H3,(H2,31,32,36)/t25-,27?/m0/s1. The summed E-state index contributed by atoms with van der Waals surface area (Å²) in [5, 5.41) is 5.58. The van der Waals surface area contributed by atoms with Gasteiger partial charge in [-0.1, -0.05) is 30.3 Å². The third-order valence-electron chi connectivity index (χ3n) is 6.41. The zero-order valence-corrected chi connectivity index (χ0v) is 21.3. The van der Waals surface area contributed by atoms with Crippen LogP contribution in [0, 0.1) is 6.92 Å². The lowest BCUT2D eigenvalue weighted by molar-refractivity contribution is -0.135. The van der Waals surface area contributed by atoms with Crippen molar-refractivity contribution in [2.24, 2.45) is 0 Å². The zero-order valence-electron chi connectivity index (χ0n) is 21.3. The monoisotopic (exact) mass is 519 g/mol. The smallest absolute Gasteiger partial charge is 0.337 e. The van der Waals surface area contributed by atoms with Gasteiger partial charge in [-0.25, -0.2) is 9.59 Å². The normalized spacial score (nSPS) is 15.4. The van der Waals surface area contributed by atoms with E-state index in [0.717, 1.165) is 16.8 Å². The SMILES string of the molecule is COC(=O)c1ccc(OC(F)[C@@H]2CCCN2C(=O)Cc2ccc(NC(=O)Nc3ccccc3C)cc2)cc1. The van der Waals surface area contributed by atoms with Gasteiger partial charge in [0.15, 0.2) is 0 Å². The van der Waals surface area contributed by atoms with Gasteiger partial charge < -0.3 is 25.0 Å². The minimum Gasteiger partial charge on any atom is -0.465 e. The maximum absolute atomic E-state index is 15.1. The Kier molecular flexibility index (Phi) is 8.58. The van der Waals surface area contributed by atoms with Gasteiger partial charge in [0.05, 0.1) is 25.1 Å². The van der Waals surface area contributed by atoms with Gasteiger partial charge >= 0.3 is 12.0 Å². The topological polar surface area (TPSA) is 97.0 Å². The number of nitrogens with zero attached hydrogens (tertiary/aromatic N) is 1. The van der Waals surface area contributed by atoms with Crippen LogP contribution in [0.25, 0.3) is 0 Å². The van der Waals surface area contributed by atoms with Crippen molar-refractivity contribution in [2.75, 3.05) is 24.3 Å². The molecule has 1 heterocycles. The van der Waals surface area contributed by atoms with Crippen molar-refractivity contribution >= 4 is 29.3 Å². The molecule has 1 saturated heterocycles. The van der Waals surface area contributed by atoms with Gasteiger partial charge in [-0.15, -0.1) is 0 Å². The first-order chi connectivity index (χ1) is 18.3. The Labute approximate surface area is 220 Å². The summed E-state index contributed by atoms with van der Waals surface area (Å²) in [4.78, 5) is 38.4. The summed E-state index contributed by atoms with van der Waals surface area (Å²) < 4.78 is 25.2. The van der Waals surface area contributed by atoms with Crippen LogP contribution in [0.2, 0.25) is 0 Å². The molecule has 1 aliphatic rings. The lowest BCUT2D eigenvalue weighted by Gasteiger charge is -2.27. The van der Waals surface area contributed by atoms with E-state index in [1.54, 1.807) is 24.3 Å². The fraction of sp³-hybridized carbons (Fsp3) is 0.276. The Bertz CT molecular complexity index is 1280. The summed E-state index contributed by atoms with van der Waals surface area (Å²) in [6, 6.07) is 19.4. The quantitative estimate of drug-likeness (QED) is 0.392. The molecule has 1 aliphatic heterocycles. The summed E-state index contributed by atoms with van der Waals surface area (Å²) >= 11 is 0. The largest absolute Gasteiger partial charge is 0.465 e. The molecule has 9 heteroatoms. The highest BCUT2D eigenvalue weighted by Gasteiger charge is 2.36. The number of amides is 3. The predicted molar refractivity (Wildman–Crippen MR) is 142 cm³/mol. The first-order valence-electron chi connectivity index (χ1n) is 12.3. The number of hydrogen-bond donors (Lipinski definition) is 2. The van der Waals surface area contributed by atoms with Crippen LogP contribution in [0.4, 0.5) is 20.6 Å². The second kappa shape index (κ2) is 12.2. The van der Waals surface area contributed by atoms with E-state index in [1.807, 2.05) is 31.2 Å². The average Bonchev–Trinajstić information content (AvgIpc) is 3.42. The summed E-state index contributed by atoms with van der Waals surface area (Å²) in [7, 11) is 1.29. The van der Waals surface area contributed by atoms with Crippen molar-refractivity contribution in [1.29, 1.82) is 0 Å². The van der Waals surface area contributed by atoms with Crippen molar-refractivity contribution in [1.82, 2.24) is 4.90 Å². The molecule has 0 radical (unpaired) electrons. The van der Waals surface area contributed by atoms with Crippen LogP contribution in [0.5, 0.6) is 5.75 Å². The molecule has 1 unspecified atom stereocenters. The van der Waals surface area contributed by atoms with Gasteiger partial charge in [0.25, 0.3) is 6.36 Å². The Morgan fingerprint density at radius 1 is 1.00 bits per heavy atom. The van der Waals surface area contributed by atoms with Crippen LogP contribution in [0.3, 0.4) is 0 Å². The molecular formula is C29H30FN3O5. The summed E-state index contributed by atoms with van der Waals surface area (Å²) in [5.41, 5.74) is 3.35. The van der Waals surface area contributed by atoms with Gasteiger partial charge in [0, 0.05) is 17.9 Å². The third-order valence-corrected chi connectivity index (χ3v) is 6.41. The number of esters is 1. The predicted octanol–water partition coefficient (Wildman–Crippen LogP) is 5.33. The number of ether oxygens (including phenoxy) is 2. The molecule has 198 valence electrons. The van der Waals surface area contributed by atoms with Crippen molar-refractivity contribution in [3.63, 3.8) is 0 Å². The van der Waals surface area contributed by atoms with Gasteiger partial charge in [-0.2, -0.15) is 4.39 Å². The molecule has 3 aromatic carbocycles. The van der Waals surface area contributed by atoms with Crippen molar-refractivity contribution in [2.45, 2.75) is 38.6 Å². The number of methoxy groups -OCH3 is 1. The van der Waals surface area contributed by atoms with Gasteiger partial charge in [-0.3, -0.25) is 4.79 Å². The maximum atomic E-state index is 15.1. The summed E-state index contributed by atoms with van der Waals surface area (Å²) in [5.74, 6) is -0.424. The van der Waals surface area contributed by atoms with Crippen LogP contribution in [-0.2, 0) is 16.0 Å². The molecule has 0 aliphatic carbocycles. The minimum absolute atomic E-state index is 0.104. The van der Waals surface area contributed by atoms with Gasteiger partial charge in [0.1, 0.15) is 5.75 Å². The molecule has 38 heavy (non-hydrogen) atoms. The number of para-hydroxylation sites is 1. The van der Waals surface area contributed by atoms with E-state index in [-0.39, 0.29) is 24.1 Å². The van der Waals surface area contributed by atoms with E-state index in [2.05, 4.69) is 15.4 Å². The highest BCUT2D eigenvalue weighted by Crippen LogP contribution is 2.26. The number of benzene rings is 3. The molecule has 3 amide bonds. The lowest BCUT2D eigenvalue weighted by atomic mass is 10.1. The van der Waals surface area contributed by atoms with E-state index >= 15 is 4.39 Å². The van der Waals surface area contributed by atoms with Crippen LogP contribution in [-0.4, -0.2) is 48.9 Å². The number of likely N-dealkylation sites (tertiary alicyclic amines) is 1. The van der Waals surface area contributed by atoms with Crippen LogP contribution >= 0.6 is 0 Å². The van der Waals surface area contributed by atoms with Crippen molar-refractivity contribution in [3.05, 3.63) is 89.5 Å². The Morgan fingerprint density at radius 3 is 2.39 bits per heavy atom. The Balaban J connectivity index is 1.30. The number of nitrogens with one attached hydrogen (secondary N) is 2. The van der Waals surface area contributed by atoms with Crippen molar-refractivity contribution < 1.29 is 28.2 Å². The van der Waals surface area contributed by atoms with Crippen molar-refractivity contribution in [3.8, 4) is 5.75 Å². The van der Waals surface area contributed by atoms with E-state index in [0.29, 0.717) is 30.6 Å². The molecule has 0 spiro atoms. The molecule has 1 fully saturated rings. The first-order valence-corrected chi connectivity index (χ1v) is 12.3. The second-order valence-corrected chi connectivity index (χ2v) is 9.05. The number of hydrogen-bond acceptors (Lipinski definition) is 5. The molecule has 2 atom stereocenters. The molecule has 3 aromatic rings. The first kappa shape index (κ1) is 26.7. The number of carbonyl (C=O) groups is 3. The maximum Gasteiger partial charge on any atom is 0.337 e. The number of carbonyl (C=O) groups excluding carboxylic acids is 3. The second-order valence-electron chi connectivity index (χ2n) is 9.05. The molecule has 8 nitrogen and oxygen atoms in total. The highest BCUT2D eigenvalue weighted by atomic mass is 19.1. The van der Waals surface area contributed by atoms with E-state index in [9.17, 15) is 14.4 Å². The van der Waals surface area contributed by atoms with E-state index in [4.69, 9.17) is 4.74 Å². The number of urea groups is 1. The number of aryl methyl sites for hydroxylation is 1. The fourth-order valence-electron chi connectivity index (χ4n) is 4.35. The van der Waals surface area contributed by atoms with Crippen LogP contribution in [0.1, 0.15) is 34.3 Å². The number of rotatable bonds is 8. The fourth-order valence-corrected chi connectivity index (χ4v) is 4.35. The number of alkyl halides is 1. The summed E-state index contributed by atoms with van der Waals surface area (Å²) in [6.07, 6.45) is -0.428. The van der Waals surface area contributed by atoms with Gasteiger partial charge in [-0.05, 0) is 73.4 Å². The molecule has 0 saturated carbocycles. The molecule has 0 bridgehead atoms. The van der Waals surface area contributed by atoms with Gasteiger partial charge in [0.2, 0.25) is 5.91 Å². The Morgan fingerprint density at radius 2 is 1.71 bits per heavy atom. The molecule has 0 aromatic heterocycles. The lowest BCUT2D eigenvalue weighted by Crippen LogP contribution is -2.44. The number of halogens is 1. The molecule has 2 N–H and O–H groups in total. The van der Waals surface area contributed by atoms with Crippen LogP contribution in [0.15, 0.2) is 72.8 Å². The van der Waals surface area contributed by atoms with E-state index < -0.39 is 18.4 Å². The molecular weight excluding hydrogens is 489 g/mol.